The van der Waals surface area contributed by atoms with Crippen LogP contribution in [0.4, 0.5) is 8.78 Å². The van der Waals surface area contributed by atoms with Crippen molar-refractivity contribution >= 4 is 16.0 Å². The summed E-state index contributed by atoms with van der Waals surface area (Å²) in [5.41, 5.74) is 0.0114. The topological polar surface area (TPSA) is 83.9 Å². The van der Waals surface area contributed by atoms with Crippen LogP contribution in [0.3, 0.4) is 0 Å². The average Bonchev–Trinajstić information content (AvgIpc) is 2.36. The highest BCUT2D eigenvalue weighted by Gasteiger charge is 2.45. The molecule has 1 fully saturated rings. The van der Waals surface area contributed by atoms with E-state index in [2.05, 4.69) is 0 Å². The molecule has 1 N–H and O–H groups in total. The number of hydrogen-bond donors (Lipinski definition) is 1. The molecule has 1 unspecified atom stereocenters. The first-order chi connectivity index (χ1) is 10.2. The Labute approximate surface area is 126 Å². The summed E-state index contributed by atoms with van der Waals surface area (Å²) in [6, 6.07) is 2.03. The molecule has 9 heteroatoms. The summed E-state index contributed by atoms with van der Waals surface area (Å²) in [6.45, 7) is 0.998. The van der Waals surface area contributed by atoms with Crippen molar-refractivity contribution in [1.82, 2.24) is 4.31 Å². The van der Waals surface area contributed by atoms with Gasteiger partial charge in [-0.25, -0.2) is 22.0 Å². The molecule has 0 bridgehead atoms. The minimum absolute atomic E-state index is 0.0114. The van der Waals surface area contributed by atoms with Crippen LogP contribution in [0, 0.1) is 24.5 Å². The zero-order valence-electron chi connectivity index (χ0n) is 11.9. The SMILES string of the molecule is COC(C(=O)O)C1CN(S(=O)(=O)c2c(F)ccc(C)c2F)C1. The normalized spacial score (nSPS) is 18.0. The molecule has 1 atom stereocenters. The van der Waals surface area contributed by atoms with E-state index < -0.39 is 44.5 Å². The van der Waals surface area contributed by atoms with Gasteiger partial charge in [-0.1, -0.05) is 6.07 Å². The highest BCUT2D eigenvalue weighted by atomic mass is 32.2. The Balaban J connectivity index is 2.25. The third-order valence-electron chi connectivity index (χ3n) is 3.64. The second-order valence-electron chi connectivity index (χ2n) is 5.08. The number of halogens is 2. The molecule has 122 valence electrons. The maximum Gasteiger partial charge on any atom is 0.333 e. The zero-order valence-corrected chi connectivity index (χ0v) is 12.7. The zero-order chi connectivity index (χ0) is 16.7. The van der Waals surface area contributed by atoms with Gasteiger partial charge in [0.25, 0.3) is 0 Å². The molecule has 0 aromatic heterocycles. The molecule has 1 aromatic carbocycles. The van der Waals surface area contributed by atoms with Gasteiger partial charge in [0.2, 0.25) is 10.0 Å². The predicted octanol–water partition coefficient (Wildman–Crippen LogP) is 0.993. The number of methoxy groups -OCH3 is 1. The second-order valence-corrected chi connectivity index (χ2v) is 6.96. The second kappa shape index (κ2) is 5.90. The minimum atomic E-state index is -4.35. The van der Waals surface area contributed by atoms with Crippen molar-refractivity contribution in [2.75, 3.05) is 20.2 Å². The third-order valence-corrected chi connectivity index (χ3v) is 5.51. The van der Waals surface area contributed by atoms with Gasteiger partial charge in [0.1, 0.15) is 11.6 Å². The van der Waals surface area contributed by atoms with Gasteiger partial charge in [-0.15, -0.1) is 0 Å². The number of rotatable bonds is 5. The van der Waals surface area contributed by atoms with E-state index in [9.17, 15) is 22.0 Å². The number of aliphatic carboxylic acids is 1. The Bertz CT molecular complexity index is 701. The van der Waals surface area contributed by atoms with Gasteiger partial charge in [0.15, 0.2) is 11.0 Å². The lowest BCUT2D eigenvalue weighted by atomic mass is 9.96. The van der Waals surface area contributed by atoms with Crippen molar-refractivity contribution in [2.24, 2.45) is 5.92 Å². The number of ether oxygens (including phenoxy) is 1. The molecule has 1 aliphatic heterocycles. The lowest BCUT2D eigenvalue weighted by Gasteiger charge is -2.40. The van der Waals surface area contributed by atoms with Crippen LogP contribution in [0.15, 0.2) is 17.0 Å². The number of sulfonamides is 1. The van der Waals surface area contributed by atoms with E-state index in [-0.39, 0.29) is 18.7 Å². The predicted molar refractivity (Wildman–Crippen MR) is 71.8 cm³/mol. The summed E-state index contributed by atoms with van der Waals surface area (Å²) in [7, 11) is -3.15. The molecule has 1 aromatic rings. The molecule has 22 heavy (non-hydrogen) atoms. The summed E-state index contributed by atoms with van der Waals surface area (Å²) in [5, 5.41) is 8.93. The van der Waals surface area contributed by atoms with E-state index in [1.165, 1.54) is 14.0 Å². The molecular weight excluding hydrogens is 320 g/mol. The van der Waals surface area contributed by atoms with Gasteiger partial charge >= 0.3 is 5.97 Å². The van der Waals surface area contributed by atoms with Crippen LogP contribution in [-0.2, 0) is 19.6 Å². The third kappa shape index (κ3) is 2.71. The smallest absolute Gasteiger partial charge is 0.333 e. The molecule has 0 saturated carbocycles. The number of aryl methyl sites for hydroxylation is 1. The highest BCUT2D eigenvalue weighted by molar-refractivity contribution is 7.89. The summed E-state index contributed by atoms with van der Waals surface area (Å²) in [6.07, 6.45) is -1.15. The summed E-state index contributed by atoms with van der Waals surface area (Å²) >= 11 is 0. The van der Waals surface area contributed by atoms with Crippen LogP contribution in [0.5, 0.6) is 0 Å². The Morgan fingerprint density at radius 1 is 1.41 bits per heavy atom. The van der Waals surface area contributed by atoms with E-state index in [0.717, 1.165) is 16.4 Å². The van der Waals surface area contributed by atoms with Crippen LogP contribution in [0.2, 0.25) is 0 Å². The Morgan fingerprint density at radius 2 is 2.00 bits per heavy atom. The number of hydrogen-bond acceptors (Lipinski definition) is 4. The fraction of sp³-hybridized carbons (Fsp3) is 0.462. The van der Waals surface area contributed by atoms with Crippen molar-refractivity contribution in [3.05, 3.63) is 29.3 Å². The van der Waals surface area contributed by atoms with Gasteiger partial charge in [-0.3, -0.25) is 0 Å². The Kier molecular flexibility index (Phi) is 4.50. The number of nitrogens with zero attached hydrogens (tertiary/aromatic N) is 1. The van der Waals surface area contributed by atoms with E-state index in [0.29, 0.717) is 0 Å². The van der Waals surface area contributed by atoms with Gasteiger partial charge in [0, 0.05) is 26.1 Å². The standard InChI is InChI=1S/C13H15F2NO5S/c1-7-3-4-9(14)12(10(7)15)22(19,20)16-5-8(6-16)11(21-2)13(17)18/h3-4,8,11H,5-6H2,1-2H3,(H,17,18). The number of benzene rings is 1. The van der Waals surface area contributed by atoms with Crippen molar-refractivity contribution in [3.63, 3.8) is 0 Å². The highest BCUT2D eigenvalue weighted by Crippen LogP contribution is 2.31. The van der Waals surface area contributed by atoms with Crippen LogP contribution < -0.4 is 0 Å². The summed E-state index contributed by atoms with van der Waals surface area (Å²) < 4.78 is 57.9. The first kappa shape index (κ1) is 16.8. The number of carbonyl (C=O) groups is 1. The van der Waals surface area contributed by atoms with E-state index in [1.54, 1.807) is 0 Å². The Morgan fingerprint density at radius 3 is 2.50 bits per heavy atom. The largest absolute Gasteiger partial charge is 0.479 e. The van der Waals surface area contributed by atoms with Gasteiger partial charge < -0.3 is 9.84 Å². The van der Waals surface area contributed by atoms with E-state index in [1.807, 2.05) is 0 Å². The molecule has 0 radical (unpaired) electrons. The maximum absolute atomic E-state index is 14.0. The number of carboxylic acid groups (broad SMARTS) is 1. The lowest BCUT2D eigenvalue weighted by molar-refractivity contribution is -0.154. The molecular formula is C13H15F2NO5S. The molecule has 2 rings (SSSR count). The molecule has 1 heterocycles. The minimum Gasteiger partial charge on any atom is -0.479 e. The van der Waals surface area contributed by atoms with Crippen molar-refractivity contribution in [2.45, 2.75) is 17.9 Å². The molecule has 6 nitrogen and oxygen atoms in total. The summed E-state index contributed by atoms with van der Waals surface area (Å²) in [5.74, 6) is -4.08. The fourth-order valence-electron chi connectivity index (χ4n) is 2.35. The van der Waals surface area contributed by atoms with Crippen LogP contribution >= 0.6 is 0 Å². The van der Waals surface area contributed by atoms with Crippen molar-refractivity contribution < 1.29 is 31.8 Å². The van der Waals surface area contributed by atoms with Gasteiger partial charge in [-0.05, 0) is 18.6 Å². The van der Waals surface area contributed by atoms with Gasteiger partial charge in [-0.2, -0.15) is 4.31 Å². The van der Waals surface area contributed by atoms with Crippen molar-refractivity contribution in [3.8, 4) is 0 Å². The monoisotopic (exact) mass is 335 g/mol. The van der Waals surface area contributed by atoms with E-state index in [4.69, 9.17) is 9.84 Å². The van der Waals surface area contributed by atoms with Crippen LogP contribution in [0.1, 0.15) is 5.56 Å². The van der Waals surface area contributed by atoms with Crippen LogP contribution in [-0.4, -0.2) is 50.1 Å². The van der Waals surface area contributed by atoms with E-state index >= 15 is 0 Å². The first-order valence-electron chi connectivity index (χ1n) is 6.40. The van der Waals surface area contributed by atoms with Gasteiger partial charge in [0.05, 0.1) is 0 Å². The first-order valence-corrected chi connectivity index (χ1v) is 7.84. The number of carboxylic acids is 1. The molecule has 0 spiro atoms. The molecule has 0 aliphatic carbocycles. The molecule has 1 saturated heterocycles. The maximum atomic E-state index is 14.0. The lowest BCUT2D eigenvalue weighted by Crippen LogP contribution is -2.56. The van der Waals surface area contributed by atoms with Crippen molar-refractivity contribution in [1.29, 1.82) is 0 Å². The molecule has 0 amide bonds. The quantitative estimate of drug-likeness (QED) is 0.868. The fourth-order valence-corrected chi connectivity index (χ4v) is 4.08. The van der Waals surface area contributed by atoms with Crippen LogP contribution in [0.25, 0.3) is 0 Å². The summed E-state index contributed by atoms with van der Waals surface area (Å²) in [4.78, 5) is 9.93. The average molecular weight is 335 g/mol. The Hall–Kier alpha value is -1.58. The molecule has 1 aliphatic rings.